The van der Waals surface area contributed by atoms with E-state index in [2.05, 4.69) is 44.2 Å². The molecule has 1 aliphatic rings. The summed E-state index contributed by atoms with van der Waals surface area (Å²) >= 11 is 6.91. The van der Waals surface area contributed by atoms with Crippen LogP contribution in [0, 0.1) is 5.92 Å². The predicted octanol–water partition coefficient (Wildman–Crippen LogP) is 6.43. The van der Waals surface area contributed by atoms with Crippen molar-refractivity contribution in [3.63, 3.8) is 0 Å². The molecule has 0 spiro atoms. The van der Waals surface area contributed by atoms with Crippen molar-refractivity contribution in [3.05, 3.63) is 47.0 Å². The van der Waals surface area contributed by atoms with E-state index >= 15 is 0 Å². The zero-order valence-corrected chi connectivity index (χ0v) is 13.9. The lowest BCUT2D eigenvalue weighted by Gasteiger charge is -2.23. The molecule has 2 aromatic carbocycles. The Kier molecular flexibility index (Phi) is 4.54. The van der Waals surface area contributed by atoms with Crippen LogP contribution in [0.5, 0.6) is 0 Å². The molecule has 1 heteroatoms. The van der Waals surface area contributed by atoms with Crippen LogP contribution in [0.15, 0.2) is 30.3 Å². The molecule has 0 nitrogen and oxygen atoms in total. The van der Waals surface area contributed by atoms with Gasteiger partial charge in [0.15, 0.2) is 0 Å². The highest BCUT2D eigenvalue weighted by atomic mass is 35.5. The van der Waals surface area contributed by atoms with Crippen LogP contribution in [0.1, 0.15) is 61.6 Å². The van der Waals surface area contributed by atoms with Crippen LogP contribution in [0.3, 0.4) is 0 Å². The maximum absolute atomic E-state index is 6.91. The molecule has 0 N–H and O–H groups in total. The van der Waals surface area contributed by atoms with E-state index in [1.54, 1.807) is 0 Å². The summed E-state index contributed by atoms with van der Waals surface area (Å²) < 4.78 is 0. The standard InChI is InChI=1S/C20H25Cl/c1-3-5-7-14(4-2)20(21)18-13-12-16-11-10-15-8-6-9-17(18)19(15)16/h6,8-9,12-14,20H,3-5,7,10-11H2,1-2H3. The second kappa shape index (κ2) is 6.40. The SMILES string of the molecule is CCCCC(CC)C(Cl)c1ccc2c3c(cccc13)CC2. The van der Waals surface area contributed by atoms with Crippen molar-refractivity contribution in [3.8, 4) is 0 Å². The van der Waals surface area contributed by atoms with Crippen molar-refractivity contribution in [1.29, 1.82) is 0 Å². The van der Waals surface area contributed by atoms with Gasteiger partial charge in [-0.15, -0.1) is 11.6 Å². The lowest BCUT2D eigenvalue weighted by molar-refractivity contribution is 0.438. The van der Waals surface area contributed by atoms with Gasteiger partial charge >= 0.3 is 0 Å². The Morgan fingerprint density at radius 2 is 1.81 bits per heavy atom. The molecule has 21 heavy (non-hydrogen) atoms. The predicted molar refractivity (Wildman–Crippen MR) is 93.3 cm³/mol. The van der Waals surface area contributed by atoms with Gasteiger partial charge < -0.3 is 0 Å². The quantitative estimate of drug-likeness (QED) is 0.539. The third-order valence-corrected chi connectivity index (χ3v) is 5.67. The number of unbranched alkanes of at least 4 members (excludes halogenated alkanes) is 1. The average Bonchev–Trinajstić information content (AvgIpc) is 2.93. The van der Waals surface area contributed by atoms with Crippen LogP contribution in [0.4, 0.5) is 0 Å². The van der Waals surface area contributed by atoms with Crippen molar-refractivity contribution >= 4 is 22.4 Å². The number of benzene rings is 2. The Morgan fingerprint density at radius 1 is 1.05 bits per heavy atom. The van der Waals surface area contributed by atoms with Gasteiger partial charge in [0, 0.05) is 0 Å². The minimum absolute atomic E-state index is 0.145. The molecule has 2 aromatic rings. The Hall–Kier alpha value is -1.01. The summed E-state index contributed by atoms with van der Waals surface area (Å²) in [7, 11) is 0. The monoisotopic (exact) mass is 300 g/mol. The van der Waals surface area contributed by atoms with Gasteiger partial charge in [0.1, 0.15) is 0 Å². The third kappa shape index (κ3) is 2.71. The van der Waals surface area contributed by atoms with E-state index in [1.165, 1.54) is 59.6 Å². The Labute approximate surface area is 133 Å². The zero-order valence-electron chi connectivity index (χ0n) is 13.2. The molecule has 0 aromatic heterocycles. The highest BCUT2D eigenvalue weighted by Crippen LogP contribution is 2.41. The molecule has 0 radical (unpaired) electrons. The molecule has 3 rings (SSSR count). The second-order valence-electron chi connectivity index (χ2n) is 6.37. The normalized spacial score (nSPS) is 16.3. The summed E-state index contributed by atoms with van der Waals surface area (Å²) in [6, 6.07) is 11.4. The first-order chi connectivity index (χ1) is 10.3. The van der Waals surface area contributed by atoms with E-state index in [0.717, 1.165) is 6.42 Å². The van der Waals surface area contributed by atoms with Gasteiger partial charge in [-0.1, -0.05) is 63.4 Å². The van der Waals surface area contributed by atoms with Crippen LogP contribution < -0.4 is 0 Å². The lowest BCUT2D eigenvalue weighted by Crippen LogP contribution is -2.08. The van der Waals surface area contributed by atoms with Crippen LogP contribution in [-0.4, -0.2) is 0 Å². The van der Waals surface area contributed by atoms with Gasteiger partial charge in [0.2, 0.25) is 0 Å². The molecular formula is C20H25Cl. The molecule has 0 saturated carbocycles. The van der Waals surface area contributed by atoms with E-state index in [1.807, 2.05) is 0 Å². The number of hydrogen-bond donors (Lipinski definition) is 0. The fourth-order valence-corrected chi connectivity index (χ4v) is 4.28. The Balaban J connectivity index is 2.01. The van der Waals surface area contributed by atoms with E-state index in [4.69, 9.17) is 11.6 Å². The van der Waals surface area contributed by atoms with Crippen LogP contribution in [-0.2, 0) is 12.8 Å². The molecule has 0 aliphatic heterocycles. The van der Waals surface area contributed by atoms with Crippen molar-refractivity contribution in [1.82, 2.24) is 0 Å². The summed E-state index contributed by atoms with van der Waals surface area (Å²) in [4.78, 5) is 0. The van der Waals surface area contributed by atoms with Crippen molar-refractivity contribution in [2.24, 2.45) is 5.92 Å². The van der Waals surface area contributed by atoms with Gasteiger partial charge in [-0.2, -0.15) is 0 Å². The highest BCUT2D eigenvalue weighted by Gasteiger charge is 2.23. The first-order valence-corrected chi connectivity index (χ1v) is 8.87. The first-order valence-electron chi connectivity index (χ1n) is 8.43. The zero-order chi connectivity index (χ0) is 14.8. The molecule has 0 amide bonds. The first kappa shape index (κ1) is 14.9. The van der Waals surface area contributed by atoms with Gasteiger partial charge in [-0.25, -0.2) is 0 Å². The molecular weight excluding hydrogens is 276 g/mol. The topological polar surface area (TPSA) is 0 Å². The third-order valence-electron chi connectivity index (χ3n) is 5.07. The molecule has 0 fully saturated rings. The van der Waals surface area contributed by atoms with Gasteiger partial charge in [0.25, 0.3) is 0 Å². The second-order valence-corrected chi connectivity index (χ2v) is 6.84. The summed E-state index contributed by atoms with van der Waals surface area (Å²) in [6.07, 6.45) is 7.32. The van der Waals surface area contributed by atoms with Gasteiger partial charge in [0.05, 0.1) is 5.38 Å². The van der Waals surface area contributed by atoms with Gasteiger partial charge in [-0.05, 0) is 52.6 Å². The van der Waals surface area contributed by atoms with Crippen molar-refractivity contribution < 1.29 is 0 Å². The maximum atomic E-state index is 6.91. The fraction of sp³-hybridized carbons (Fsp3) is 0.500. The maximum Gasteiger partial charge on any atom is 0.0619 e. The number of alkyl halides is 1. The van der Waals surface area contributed by atoms with E-state index < -0.39 is 0 Å². The molecule has 112 valence electrons. The molecule has 2 unspecified atom stereocenters. The summed E-state index contributed by atoms with van der Waals surface area (Å²) in [5.74, 6) is 0.588. The fourth-order valence-electron chi connectivity index (χ4n) is 3.79. The summed E-state index contributed by atoms with van der Waals surface area (Å²) in [5, 5.41) is 3.04. The smallest absolute Gasteiger partial charge is 0.0619 e. The Morgan fingerprint density at radius 3 is 2.52 bits per heavy atom. The summed E-state index contributed by atoms with van der Waals surface area (Å²) in [6.45, 7) is 4.53. The Bertz CT molecular complexity index is 619. The minimum Gasteiger partial charge on any atom is -0.117 e. The number of hydrogen-bond acceptors (Lipinski definition) is 0. The molecule has 0 saturated heterocycles. The molecule has 0 heterocycles. The van der Waals surface area contributed by atoms with E-state index in [9.17, 15) is 0 Å². The van der Waals surface area contributed by atoms with Crippen LogP contribution in [0.2, 0.25) is 0 Å². The van der Waals surface area contributed by atoms with Crippen molar-refractivity contribution in [2.45, 2.75) is 57.7 Å². The summed E-state index contributed by atoms with van der Waals surface area (Å²) in [5.41, 5.74) is 4.37. The number of aryl methyl sites for hydroxylation is 2. The van der Waals surface area contributed by atoms with Crippen LogP contribution >= 0.6 is 11.6 Å². The molecule has 0 bridgehead atoms. The minimum atomic E-state index is 0.145. The van der Waals surface area contributed by atoms with E-state index in [0.29, 0.717) is 5.92 Å². The van der Waals surface area contributed by atoms with Crippen LogP contribution in [0.25, 0.3) is 10.8 Å². The molecule has 1 aliphatic carbocycles. The average molecular weight is 301 g/mol. The van der Waals surface area contributed by atoms with E-state index in [-0.39, 0.29) is 5.38 Å². The lowest BCUT2D eigenvalue weighted by atomic mass is 9.88. The highest BCUT2D eigenvalue weighted by molar-refractivity contribution is 6.22. The number of rotatable bonds is 6. The molecule has 2 atom stereocenters. The van der Waals surface area contributed by atoms with Gasteiger partial charge in [-0.3, -0.25) is 0 Å². The largest absolute Gasteiger partial charge is 0.117 e. The number of halogens is 1. The van der Waals surface area contributed by atoms with Crippen molar-refractivity contribution in [2.75, 3.05) is 0 Å².